The van der Waals surface area contributed by atoms with E-state index in [1.807, 2.05) is 43.3 Å². The molecular weight excluding hydrogens is 204 g/mol. The predicted octanol–water partition coefficient (Wildman–Crippen LogP) is 4.61. The standard InChI is InChI=1S/C17H15/c1-2-16(17-11-7-4-8-12-17)14-13-15-9-5-3-6-10-15/h3-14H,1H3. The van der Waals surface area contributed by atoms with Crippen molar-refractivity contribution in [1.29, 1.82) is 0 Å². The van der Waals surface area contributed by atoms with Crippen molar-refractivity contribution in [3.8, 4) is 0 Å². The fraction of sp³-hybridized carbons (Fsp3) is 0.0588. The Bertz CT molecular complexity index is 504. The highest BCUT2D eigenvalue weighted by Gasteiger charge is 1.94. The van der Waals surface area contributed by atoms with E-state index in [0.29, 0.717) is 0 Å². The molecular formula is C17H15. The summed E-state index contributed by atoms with van der Waals surface area (Å²) >= 11 is 0. The van der Waals surface area contributed by atoms with Crippen molar-refractivity contribution >= 4 is 11.6 Å². The summed E-state index contributed by atoms with van der Waals surface area (Å²) in [7, 11) is 0. The van der Waals surface area contributed by atoms with Gasteiger partial charge in [0.15, 0.2) is 0 Å². The van der Waals surface area contributed by atoms with Crippen molar-refractivity contribution in [3.63, 3.8) is 0 Å². The third-order valence-electron chi connectivity index (χ3n) is 2.60. The van der Waals surface area contributed by atoms with Crippen LogP contribution in [0.1, 0.15) is 18.1 Å². The fourth-order valence-corrected chi connectivity index (χ4v) is 1.69. The van der Waals surface area contributed by atoms with Gasteiger partial charge < -0.3 is 0 Å². The Hall–Kier alpha value is -2.08. The number of allylic oxidation sites excluding steroid dienone is 3. The van der Waals surface area contributed by atoms with Crippen molar-refractivity contribution in [2.24, 2.45) is 0 Å². The highest BCUT2D eigenvalue weighted by atomic mass is 14.0. The van der Waals surface area contributed by atoms with Crippen LogP contribution < -0.4 is 0 Å². The lowest BCUT2D eigenvalue weighted by atomic mass is 10.0. The summed E-state index contributed by atoms with van der Waals surface area (Å²) in [6.45, 7) is 1.94. The predicted molar refractivity (Wildman–Crippen MR) is 74.2 cm³/mol. The van der Waals surface area contributed by atoms with Gasteiger partial charge in [-0.2, -0.15) is 0 Å². The van der Waals surface area contributed by atoms with Gasteiger partial charge in [-0.15, -0.1) is 0 Å². The van der Waals surface area contributed by atoms with Crippen LogP contribution in [0.3, 0.4) is 0 Å². The fourth-order valence-electron chi connectivity index (χ4n) is 1.69. The summed E-state index contributed by atoms with van der Waals surface area (Å²) in [5, 5.41) is 0. The van der Waals surface area contributed by atoms with Crippen LogP contribution in [0.5, 0.6) is 0 Å². The van der Waals surface area contributed by atoms with Gasteiger partial charge in [0.05, 0.1) is 0 Å². The quantitative estimate of drug-likeness (QED) is 0.661. The average molecular weight is 219 g/mol. The maximum Gasteiger partial charge on any atom is -0.0152 e. The first-order valence-electron chi connectivity index (χ1n) is 5.73. The average Bonchev–Trinajstić information content (AvgIpc) is 2.42. The Kier molecular flexibility index (Phi) is 3.93. The second kappa shape index (κ2) is 5.86. The van der Waals surface area contributed by atoms with Crippen LogP contribution in [-0.2, 0) is 0 Å². The molecule has 0 heteroatoms. The van der Waals surface area contributed by atoms with E-state index in [-0.39, 0.29) is 0 Å². The summed E-state index contributed by atoms with van der Waals surface area (Å²) in [5.74, 6) is 0. The molecule has 1 radical (unpaired) electrons. The molecule has 0 N–H and O–H groups in total. The van der Waals surface area contributed by atoms with E-state index in [2.05, 4.69) is 42.5 Å². The lowest BCUT2D eigenvalue weighted by Gasteiger charge is -2.00. The van der Waals surface area contributed by atoms with Crippen molar-refractivity contribution in [2.75, 3.05) is 0 Å². The van der Waals surface area contributed by atoms with Crippen molar-refractivity contribution < 1.29 is 0 Å². The molecule has 2 rings (SSSR count). The van der Waals surface area contributed by atoms with Crippen LogP contribution >= 0.6 is 0 Å². The Balaban J connectivity index is 2.20. The lowest BCUT2D eigenvalue weighted by Crippen LogP contribution is -1.79. The Morgan fingerprint density at radius 2 is 1.47 bits per heavy atom. The van der Waals surface area contributed by atoms with Gasteiger partial charge in [0, 0.05) is 0 Å². The summed E-state index contributed by atoms with van der Waals surface area (Å²) < 4.78 is 0. The molecule has 0 fully saturated rings. The number of benzene rings is 2. The molecule has 0 unspecified atom stereocenters. The van der Waals surface area contributed by atoms with E-state index >= 15 is 0 Å². The van der Waals surface area contributed by atoms with Gasteiger partial charge in [-0.05, 0) is 29.7 Å². The third-order valence-corrected chi connectivity index (χ3v) is 2.60. The molecule has 0 amide bonds. The zero-order valence-electron chi connectivity index (χ0n) is 9.93. The monoisotopic (exact) mass is 219 g/mol. The molecule has 0 spiro atoms. The van der Waals surface area contributed by atoms with Gasteiger partial charge in [-0.3, -0.25) is 0 Å². The van der Waals surface area contributed by atoms with Crippen LogP contribution in [0.15, 0.2) is 66.7 Å². The number of hydrogen-bond acceptors (Lipinski definition) is 0. The first-order valence-corrected chi connectivity index (χ1v) is 5.73. The lowest BCUT2D eigenvalue weighted by molar-refractivity contribution is 1.57. The number of hydrogen-bond donors (Lipinski definition) is 0. The molecule has 83 valence electrons. The molecule has 0 saturated heterocycles. The Labute approximate surface area is 103 Å². The van der Waals surface area contributed by atoms with Crippen LogP contribution in [0.2, 0.25) is 0 Å². The van der Waals surface area contributed by atoms with Gasteiger partial charge in [0.1, 0.15) is 0 Å². The molecule has 2 aromatic rings. The summed E-state index contributed by atoms with van der Waals surface area (Å²) in [6, 6.07) is 20.6. The third kappa shape index (κ3) is 3.18. The maximum absolute atomic E-state index is 3.22. The van der Waals surface area contributed by atoms with Crippen LogP contribution in [0.25, 0.3) is 11.6 Å². The van der Waals surface area contributed by atoms with Crippen molar-refractivity contribution in [1.82, 2.24) is 0 Å². The SMILES string of the molecule is C[C]=C(C=Cc1ccccc1)c1ccccc1. The van der Waals surface area contributed by atoms with Gasteiger partial charge >= 0.3 is 0 Å². The van der Waals surface area contributed by atoms with E-state index in [0.717, 1.165) is 5.57 Å². The van der Waals surface area contributed by atoms with Crippen LogP contribution in [-0.4, -0.2) is 0 Å². The normalized spacial score (nSPS) is 11.9. The highest BCUT2D eigenvalue weighted by Crippen LogP contribution is 2.16. The zero-order chi connectivity index (χ0) is 11.9. The van der Waals surface area contributed by atoms with E-state index < -0.39 is 0 Å². The van der Waals surface area contributed by atoms with Crippen molar-refractivity contribution in [3.05, 3.63) is 83.9 Å². The summed E-state index contributed by atoms with van der Waals surface area (Å²) in [5.41, 5.74) is 3.52. The first-order chi connectivity index (χ1) is 8.40. The molecule has 0 aliphatic carbocycles. The summed E-state index contributed by atoms with van der Waals surface area (Å²) in [4.78, 5) is 0. The topological polar surface area (TPSA) is 0 Å². The molecule has 2 aromatic carbocycles. The second-order valence-corrected chi connectivity index (χ2v) is 3.77. The minimum absolute atomic E-state index is 1.12. The smallest absolute Gasteiger partial charge is 0.0152 e. The molecule has 0 aliphatic heterocycles. The summed E-state index contributed by atoms with van der Waals surface area (Å²) in [6.07, 6.45) is 7.43. The van der Waals surface area contributed by atoms with Crippen LogP contribution in [0.4, 0.5) is 0 Å². The zero-order valence-corrected chi connectivity index (χ0v) is 9.93. The molecule has 0 heterocycles. The molecule has 0 bridgehead atoms. The van der Waals surface area contributed by atoms with Crippen molar-refractivity contribution in [2.45, 2.75) is 6.92 Å². The molecule has 0 aliphatic rings. The number of rotatable bonds is 3. The van der Waals surface area contributed by atoms with E-state index in [4.69, 9.17) is 0 Å². The second-order valence-electron chi connectivity index (χ2n) is 3.77. The van der Waals surface area contributed by atoms with Gasteiger partial charge in [0.2, 0.25) is 0 Å². The largest absolute Gasteiger partial charge is 0.0622 e. The molecule has 0 nitrogen and oxygen atoms in total. The highest BCUT2D eigenvalue weighted by molar-refractivity contribution is 5.77. The molecule has 17 heavy (non-hydrogen) atoms. The molecule has 0 saturated carbocycles. The first kappa shape index (κ1) is 11.4. The van der Waals surface area contributed by atoms with E-state index in [1.54, 1.807) is 0 Å². The van der Waals surface area contributed by atoms with E-state index in [9.17, 15) is 0 Å². The van der Waals surface area contributed by atoms with E-state index in [1.165, 1.54) is 11.1 Å². The van der Waals surface area contributed by atoms with Gasteiger partial charge in [-0.1, -0.05) is 72.8 Å². The maximum atomic E-state index is 3.22. The van der Waals surface area contributed by atoms with Gasteiger partial charge in [0.25, 0.3) is 0 Å². The molecule has 0 atom stereocenters. The Morgan fingerprint density at radius 1 is 0.882 bits per heavy atom. The molecule has 0 aromatic heterocycles. The minimum Gasteiger partial charge on any atom is -0.0622 e. The minimum atomic E-state index is 1.12. The Morgan fingerprint density at radius 3 is 2.06 bits per heavy atom. The van der Waals surface area contributed by atoms with Gasteiger partial charge in [-0.25, -0.2) is 0 Å². The van der Waals surface area contributed by atoms with Crippen LogP contribution in [0, 0.1) is 6.08 Å².